The Morgan fingerprint density at radius 1 is 1.06 bits per heavy atom. The first-order valence-electron chi connectivity index (χ1n) is 10.8. The number of carbonyl (C=O) groups is 3. The van der Waals surface area contributed by atoms with Gasteiger partial charge in [0.1, 0.15) is 0 Å². The molecule has 0 spiro atoms. The van der Waals surface area contributed by atoms with Crippen molar-refractivity contribution in [2.75, 3.05) is 51.4 Å². The van der Waals surface area contributed by atoms with Crippen molar-refractivity contribution in [3.8, 4) is 0 Å². The van der Waals surface area contributed by atoms with Gasteiger partial charge in [-0.1, -0.05) is 35.9 Å². The summed E-state index contributed by atoms with van der Waals surface area (Å²) in [6.07, 6.45) is 1.10. The van der Waals surface area contributed by atoms with E-state index in [1.54, 1.807) is 38.4 Å². The molecule has 0 bridgehead atoms. The fourth-order valence-corrected chi connectivity index (χ4v) is 3.34. The smallest absolute Gasteiger partial charge is 0.321 e. The van der Waals surface area contributed by atoms with Crippen molar-refractivity contribution in [1.29, 1.82) is 0 Å². The van der Waals surface area contributed by atoms with E-state index in [4.69, 9.17) is 11.6 Å². The van der Waals surface area contributed by atoms with E-state index in [2.05, 4.69) is 20.9 Å². The Morgan fingerprint density at radius 3 is 2.27 bits per heavy atom. The van der Waals surface area contributed by atoms with Gasteiger partial charge in [-0.2, -0.15) is 0 Å². The van der Waals surface area contributed by atoms with Crippen LogP contribution in [0.25, 0.3) is 0 Å². The molecule has 0 saturated carbocycles. The second-order valence-corrected chi connectivity index (χ2v) is 8.32. The summed E-state index contributed by atoms with van der Waals surface area (Å²) < 4.78 is 0. The van der Waals surface area contributed by atoms with Crippen molar-refractivity contribution in [2.45, 2.75) is 12.8 Å². The molecule has 33 heavy (non-hydrogen) atoms. The van der Waals surface area contributed by atoms with E-state index in [1.807, 2.05) is 37.4 Å². The summed E-state index contributed by atoms with van der Waals surface area (Å²) in [5, 5.41) is 8.99. The second-order valence-electron chi connectivity index (χ2n) is 7.89. The molecule has 8 nitrogen and oxygen atoms in total. The van der Waals surface area contributed by atoms with Crippen LogP contribution in [0.4, 0.5) is 16.2 Å². The highest BCUT2D eigenvalue weighted by Crippen LogP contribution is 2.20. The Hall–Kier alpha value is -3.10. The number of hydrogen-bond acceptors (Lipinski definition) is 4. The molecule has 178 valence electrons. The molecule has 0 aliphatic carbocycles. The lowest BCUT2D eigenvalue weighted by atomic mass is 10.1. The molecule has 9 heteroatoms. The minimum atomic E-state index is -0.310. The number of benzene rings is 2. The Balaban J connectivity index is 0.000000468. The summed E-state index contributed by atoms with van der Waals surface area (Å²) in [6, 6.07) is 16.2. The van der Waals surface area contributed by atoms with Crippen molar-refractivity contribution in [3.63, 3.8) is 0 Å². The first kappa shape index (κ1) is 26.2. The molecule has 4 amide bonds. The molecule has 1 atom stereocenters. The van der Waals surface area contributed by atoms with Gasteiger partial charge in [-0.3, -0.25) is 9.59 Å². The van der Waals surface area contributed by atoms with Crippen LogP contribution in [0.1, 0.15) is 12.8 Å². The lowest BCUT2D eigenvalue weighted by molar-refractivity contribution is -0.121. The third kappa shape index (κ3) is 9.51. The van der Waals surface area contributed by atoms with E-state index in [0.717, 1.165) is 24.5 Å². The number of halogens is 1. The molecule has 3 N–H and O–H groups in total. The van der Waals surface area contributed by atoms with Crippen LogP contribution in [-0.2, 0) is 9.59 Å². The number of likely N-dealkylation sites (tertiary alicyclic amines) is 1. The Labute approximate surface area is 200 Å². The molecule has 3 rings (SSSR count). The van der Waals surface area contributed by atoms with Gasteiger partial charge in [0.15, 0.2) is 0 Å². The first-order chi connectivity index (χ1) is 15.8. The summed E-state index contributed by atoms with van der Waals surface area (Å²) in [7, 11) is 5.19. The highest BCUT2D eigenvalue weighted by molar-refractivity contribution is 6.30. The van der Waals surface area contributed by atoms with Crippen molar-refractivity contribution < 1.29 is 14.4 Å². The number of nitrogens with zero attached hydrogens (tertiary/aromatic N) is 2. The van der Waals surface area contributed by atoms with Gasteiger partial charge in [0.25, 0.3) is 0 Å². The van der Waals surface area contributed by atoms with Gasteiger partial charge in [-0.25, -0.2) is 4.79 Å². The van der Waals surface area contributed by atoms with Gasteiger partial charge in [0.2, 0.25) is 11.8 Å². The van der Waals surface area contributed by atoms with E-state index in [-0.39, 0.29) is 30.2 Å². The van der Waals surface area contributed by atoms with Gasteiger partial charge in [-0.05, 0) is 50.3 Å². The third-order valence-corrected chi connectivity index (χ3v) is 5.43. The largest absolute Gasteiger partial charge is 0.359 e. The number of anilines is 2. The standard InChI is InChI=1S/C18H27N5O3.C6H5Cl/c1-19-16(24)8-10-23(3)18(26)21-15-6-4-5-14(11-15)20-17(25)13-7-9-22(2)12-13;7-6-4-2-1-3-5-6/h4-6,11,13H,7-10,12H2,1-3H3,(H,19,24)(H,20,25)(H,21,26);1-5H. The lowest BCUT2D eigenvalue weighted by Gasteiger charge is -2.18. The van der Waals surface area contributed by atoms with Crippen LogP contribution in [0, 0.1) is 5.92 Å². The SMILES string of the molecule is CNC(=O)CCN(C)C(=O)Nc1cccc(NC(=O)C2CCN(C)C2)c1.Clc1ccccc1. The Kier molecular flexibility index (Phi) is 10.7. The molecule has 0 aromatic heterocycles. The number of amides is 4. The normalized spacial score (nSPS) is 15.1. The molecule has 0 radical (unpaired) electrons. The fraction of sp³-hybridized carbons (Fsp3) is 0.375. The highest BCUT2D eigenvalue weighted by Gasteiger charge is 2.26. The van der Waals surface area contributed by atoms with Crippen LogP contribution in [0.2, 0.25) is 5.02 Å². The van der Waals surface area contributed by atoms with Gasteiger partial charge in [0.05, 0.1) is 5.92 Å². The molecule has 2 aromatic rings. The zero-order chi connectivity index (χ0) is 24.2. The van der Waals surface area contributed by atoms with Crippen molar-refractivity contribution in [2.24, 2.45) is 5.92 Å². The third-order valence-electron chi connectivity index (χ3n) is 5.18. The van der Waals surface area contributed by atoms with Crippen molar-refractivity contribution in [3.05, 3.63) is 59.6 Å². The van der Waals surface area contributed by atoms with E-state index >= 15 is 0 Å². The maximum absolute atomic E-state index is 12.3. The average Bonchev–Trinajstić information content (AvgIpc) is 3.25. The molecule has 1 fully saturated rings. The molecule has 2 aromatic carbocycles. The topological polar surface area (TPSA) is 93.8 Å². The van der Waals surface area contributed by atoms with Crippen LogP contribution in [0.5, 0.6) is 0 Å². The van der Waals surface area contributed by atoms with Gasteiger partial charge >= 0.3 is 6.03 Å². The zero-order valence-electron chi connectivity index (χ0n) is 19.3. The number of rotatable bonds is 6. The summed E-state index contributed by atoms with van der Waals surface area (Å²) in [4.78, 5) is 39.3. The molecule has 1 aliphatic rings. The second kappa shape index (κ2) is 13.4. The molecule has 1 unspecified atom stereocenters. The number of carbonyl (C=O) groups excluding carboxylic acids is 3. The molecule has 1 saturated heterocycles. The summed E-state index contributed by atoms with van der Waals surface area (Å²) in [5.41, 5.74) is 1.23. The average molecular weight is 474 g/mol. The predicted octanol–water partition coefficient (Wildman–Crippen LogP) is 3.52. The van der Waals surface area contributed by atoms with E-state index in [0.29, 0.717) is 17.9 Å². The van der Waals surface area contributed by atoms with Crippen molar-refractivity contribution >= 4 is 40.8 Å². The lowest BCUT2D eigenvalue weighted by Crippen LogP contribution is -2.34. The highest BCUT2D eigenvalue weighted by atomic mass is 35.5. The number of urea groups is 1. The zero-order valence-corrected chi connectivity index (χ0v) is 20.1. The van der Waals surface area contributed by atoms with Crippen LogP contribution in [0.3, 0.4) is 0 Å². The molecular formula is C24H32ClN5O3. The number of nitrogens with one attached hydrogen (secondary N) is 3. The van der Waals surface area contributed by atoms with Crippen LogP contribution >= 0.6 is 11.6 Å². The molecule has 1 aliphatic heterocycles. The van der Waals surface area contributed by atoms with E-state index in [9.17, 15) is 14.4 Å². The van der Waals surface area contributed by atoms with Crippen LogP contribution < -0.4 is 16.0 Å². The van der Waals surface area contributed by atoms with Gasteiger partial charge in [-0.15, -0.1) is 0 Å². The molecular weight excluding hydrogens is 442 g/mol. The van der Waals surface area contributed by atoms with Crippen LogP contribution in [0.15, 0.2) is 54.6 Å². The predicted molar refractivity (Wildman–Crippen MR) is 132 cm³/mol. The van der Waals surface area contributed by atoms with Gasteiger partial charge < -0.3 is 25.8 Å². The first-order valence-corrected chi connectivity index (χ1v) is 11.2. The van der Waals surface area contributed by atoms with Crippen molar-refractivity contribution in [1.82, 2.24) is 15.1 Å². The summed E-state index contributed by atoms with van der Waals surface area (Å²) in [5.74, 6) is -0.124. The quantitative estimate of drug-likeness (QED) is 0.598. The summed E-state index contributed by atoms with van der Waals surface area (Å²) >= 11 is 5.54. The van der Waals surface area contributed by atoms with E-state index < -0.39 is 0 Å². The van der Waals surface area contributed by atoms with Crippen LogP contribution in [-0.4, -0.2) is 68.4 Å². The fourth-order valence-electron chi connectivity index (χ4n) is 3.20. The maximum atomic E-state index is 12.3. The Morgan fingerprint density at radius 2 is 1.73 bits per heavy atom. The molecule has 1 heterocycles. The summed E-state index contributed by atoms with van der Waals surface area (Å²) in [6.45, 7) is 2.01. The minimum absolute atomic E-state index is 0.000484. The number of hydrogen-bond donors (Lipinski definition) is 3. The van der Waals surface area contributed by atoms with Gasteiger partial charge in [0, 0.05) is 50.0 Å². The maximum Gasteiger partial charge on any atom is 0.321 e. The minimum Gasteiger partial charge on any atom is -0.359 e. The monoisotopic (exact) mass is 473 g/mol. The Bertz CT molecular complexity index is 925. The van der Waals surface area contributed by atoms with E-state index in [1.165, 1.54) is 4.90 Å².